The van der Waals surface area contributed by atoms with Crippen LogP contribution in [0.2, 0.25) is 0 Å². The van der Waals surface area contributed by atoms with E-state index in [9.17, 15) is 9.59 Å². The molecule has 0 radical (unpaired) electrons. The molecule has 2 unspecified atom stereocenters. The van der Waals surface area contributed by atoms with Gasteiger partial charge in [0.1, 0.15) is 0 Å². The van der Waals surface area contributed by atoms with Crippen LogP contribution >= 0.6 is 27.3 Å². The smallest absolute Gasteiger partial charge is 0.305 e. The number of hydrogen-bond donors (Lipinski definition) is 1. The molecule has 0 saturated carbocycles. The highest BCUT2D eigenvalue weighted by atomic mass is 79.9. The van der Waals surface area contributed by atoms with Crippen LogP contribution in [0.1, 0.15) is 17.7 Å². The fourth-order valence-corrected chi connectivity index (χ4v) is 3.92. The maximum Gasteiger partial charge on any atom is 0.305 e. The Hall–Kier alpha value is -0.920. The minimum Gasteiger partial charge on any atom is -0.481 e. The molecule has 5 nitrogen and oxygen atoms in total. The van der Waals surface area contributed by atoms with Crippen LogP contribution in [0.25, 0.3) is 0 Å². The Morgan fingerprint density at radius 1 is 1.55 bits per heavy atom. The Labute approximate surface area is 129 Å². The Morgan fingerprint density at radius 3 is 2.85 bits per heavy atom. The lowest BCUT2D eigenvalue weighted by Gasteiger charge is -2.23. The summed E-state index contributed by atoms with van der Waals surface area (Å²) in [4.78, 5) is 25.9. The first kappa shape index (κ1) is 15.5. The third kappa shape index (κ3) is 3.80. The summed E-state index contributed by atoms with van der Waals surface area (Å²) in [6.45, 7) is 0.472. The van der Waals surface area contributed by atoms with Crippen molar-refractivity contribution in [3.8, 4) is 0 Å². The molecular formula is C13H16BrNO4S. The SMILES string of the molecule is COC1CC(CC(=O)O)N(C(=O)Cc2ccc(Br)s2)C1. The fraction of sp³-hybridized carbons (Fsp3) is 0.538. The van der Waals surface area contributed by atoms with E-state index >= 15 is 0 Å². The summed E-state index contributed by atoms with van der Waals surface area (Å²) in [5, 5.41) is 8.94. The van der Waals surface area contributed by atoms with Gasteiger partial charge in [0.25, 0.3) is 0 Å². The van der Waals surface area contributed by atoms with Crippen molar-refractivity contribution in [2.24, 2.45) is 0 Å². The van der Waals surface area contributed by atoms with E-state index in [2.05, 4.69) is 15.9 Å². The number of likely N-dealkylation sites (tertiary alicyclic amines) is 1. The van der Waals surface area contributed by atoms with Gasteiger partial charge in [0.2, 0.25) is 5.91 Å². The highest BCUT2D eigenvalue weighted by molar-refractivity contribution is 9.11. The number of aliphatic carboxylic acids is 1. The van der Waals surface area contributed by atoms with Crippen molar-refractivity contribution in [2.75, 3.05) is 13.7 Å². The van der Waals surface area contributed by atoms with Gasteiger partial charge in [-0.3, -0.25) is 9.59 Å². The van der Waals surface area contributed by atoms with Crippen molar-refractivity contribution in [1.29, 1.82) is 0 Å². The van der Waals surface area contributed by atoms with Crippen molar-refractivity contribution in [3.05, 3.63) is 20.8 Å². The van der Waals surface area contributed by atoms with Crippen LogP contribution in [0.4, 0.5) is 0 Å². The second-order valence-corrected chi connectivity index (χ2v) is 7.32. The lowest BCUT2D eigenvalue weighted by atomic mass is 10.1. The Bertz CT molecular complexity index is 504. The molecule has 2 atom stereocenters. The summed E-state index contributed by atoms with van der Waals surface area (Å²) in [5.41, 5.74) is 0. The number of carboxylic acids is 1. The summed E-state index contributed by atoms with van der Waals surface area (Å²) in [7, 11) is 1.59. The summed E-state index contributed by atoms with van der Waals surface area (Å²) >= 11 is 4.88. The van der Waals surface area contributed by atoms with Crippen LogP contribution in [-0.2, 0) is 20.7 Å². The normalized spacial score (nSPS) is 22.2. The van der Waals surface area contributed by atoms with E-state index in [0.29, 0.717) is 19.4 Å². The van der Waals surface area contributed by atoms with E-state index in [4.69, 9.17) is 9.84 Å². The molecule has 0 aromatic carbocycles. The van der Waals surface area contributed by atoms with E-state index < -0.39 is 5.97 Å². The van der Waals surface area contributed by atoms with E-state index in [1.54, 1.807) is 12.0 Å². The van der Waals surface area contributed by atoms with Crippen LogP contribution in [0.5, 0.6) is 0 Å². The maximum atomic E-state index is 12.3. The topological polar surface area (TPSA) is 66.8 Å². The number of rotatable bonds is 5. The van der Waals surface area contributed by atoms with Crippen molar-refractivity contribution in [2.45, 2.75) is 31.4 Å². The lowest BCUT2D eigenvalue weighted by molar-refractivity contribution is -0.139. The Kier molecular flexibility index (Phi) is 5.17. The number of nitrogens with zero attached hydrogens (tertiary/aromatic N) is 1. The lowest BCUT2D eigenvalue weighted by Crippen LogP contribution is -2.38. The molecule has 1 fully saturated rings. The van der Waals surface area contributed by atoms with Gasteiger partial charge in [0.05, 0.1) is 22.7 Å². The van der Waals surface area contributed by atoms with Crippen molar-refractivity contribution in [1.82, 2.24) is 4.90 Å². The third-order valence-electron chi connectivity index (χ3n) is 3.39. The molecule has 1 N–H and O–H groups in total. The number of amides is 1. The first-order chi connectivity index (χ1) is 9.49. The van der Waals surface area contributed by atoms with Crippen molar-refractivity contribution < 1.29 is 19.4 Å². The molecule has 1 aromatic rings. The first-order valence-corrected chi connectivity index (χ1v) is 7.88. The fourth-order valence-electron chi connectivity index (χ4n) is 2.44. The second-order valence-electron chi connectivity index (χ2n) is 4.77. The average molecular weight is 362 g/mol. The molecule has 2 rings (SSSR count). The Morgan fingerprint density at radius 2 is 2.30 bits per heavy atom. The molecule has 2 heterocycles. The molecule has 1 aromatic heterocycles. The van der Waals surface area contributed by atoms with E-state index in [-0.39, 0.29) is 24.5 Å². The zero-order valence-corrected chi connectivity index (χ0v) is 13.4. The Balaban J connectivity index is 2.03. The van der Waals surface area contributed by atoms with Crippen molar-refractivity contribution >= 4 is 39.1 Å². The van der Waals surface area contributed by atoms with Crippen molar-refractivity contribution in [3.63, 3.8) is 0 Å². The summed E-state index contributed by atoms with van der Waals surface area (Å²) in [5.74, 6) is -0.923. The second kappa shape index (κ2) is 6.69. The highest BCUT2D eigenvalue weighted by Crippen LogP contribution is 2.26. The molecule has 0 aliphatic carbocycles. The number of hydrogen-bond acceptors (Lipinski definition) is 4. The predicted molar refractivity (Wildman–Crippen MR) is 78.9 cm³/mol. The largest absolute Gasteiger partial charge is 0.481 e. The van der Waals surface area contributed by atoms with E-state index in [1.807, 2.05) is 12.1 Å². The molecule has 20 heavy (non-hydrogen) atoms. The maximum absolute atomic E-state index is 12.3. The molecule has 0 bridgehead atoms. The number of halogens is 1. The summed E-state index contributed by atoms with van der Waals surface area (Å²) < 4.78 is 6.25. The van der Waals surface area contributed by atoms with Crippen LogP contribution in [-0.4, -0.2) is 47.7 Å². The molecular weight excluding hydrogens is 346 g/mol. The first-order valence-electron chi connectivity index (χ1n) is 6.28. The summed E-state index contributed by atoms with van der Waals surface area (Å²) in [6, 6.07) is 3.54. The van der Waals surface area contributed by atoms with Gasteiger partial charge < -0.3 is 14.7 Å². The van der Waals surface area contributed by atoms with Crippen LogP contribution < -0.4 is 0 Å². The standard InChI is InChI=1S/C13H16BrNO4S/c1-19-9-4-8(5-13(17)18)15(7-9)12(16)6-10-2-3-11(14)20-10/h2-3,8-9H,4-7H2,1H3,(H,17,18). The van der Waals surface area contributed by atoms with Gasteiger partial charge in [0.15, 0.2) is 0 Å². The minimum absolute atomic E-state index is 0.0280. The molecule has 110 valence electrons. The number of carbonyl (C=O) groups excluding carboxylic acids is 1. The zero-order valence-electron chi connectivity index (χ0n) is 11.0. The minimum atomic E-state index is -0.886. The summed E-state index contributed by atoms with van der Waals surface area (Å²) in [6.07, 6.45) is 0.795. The highest BCUT2D eigenvalue weighted by Gasteiger charge is 2.36. The molecule has 0 spiro atoms. The number of carbonyl (C=O) groups is 2. The molecule has 1 saturated heterocycles. The van der Waals surface area contributed by atoms with Gasteiger partial charge >= 0.3 is 5.97 Å². The average Bonchev–Trinajstić information content (AvgIpc) is 2.95. The predicted octanol–water partition coefficient (Wildman–Crippen LogP) is 2.14. The molecule has 1 aliphatic heterocycles. The van der Waals surface area contributed by atoms with Gasteiger partial charge in [-0.25, -0.2) is 0 Å². The van der Waals surface area contributed by atoms with Crippen LogP contribution in [0.15, 0.2) is 15.9 Å². The monoisotopic (exact) mass is 361 g/mol. The van der Waals surface area contributed by atoms with Crippen LogP contribution in [0, 0.1) is 0 Å². The molecule has 1 aliphatic rings. The van der Waals surface area contributed by atoms with E-state index in [0.717, 1.165) is 8.66 Å². The van der Waals surface area contributed by atoms with Gasteiger partial charge in [-0.05, 0) is 34.5 Å². The quantitative estimate of drug-likeness (QED) is 0.872. The third-order valence-corrected chi connectivity index (χ3v) is 5.02. The zero-order chi connectivity index (χ0) is 14.7. The number of thiophene rings is 1. The van der Waals surface area contributed by atoms with Gasteiger partial charge in [-0.2, -0.15) is 0 Å². The van der Waals surface area contributed by atoms with Gasteiger partial charge in [-0.1, -0.05) is 0 Å². The molecule has 7 heteroatoms. The van der Waals surface area contributed by atoms with Gasteiger partial charge in [0, 0.05) is 24.6 Å². The van der Waals surface area contributed by atoms with E-state index in [1.165, 1.54) is 11.3 Å². The number of methoxy groups -OCH3 is 1. The van der Waals surface area contributed by atoms with Crippen LogP contribution in [0.3, 0.4) is 0 Å². The number of ether oxygens (including phenoxy) is 1. The number of carboxylic acid groups (broad SMARTS) is 1. The van der Waals surface area contributed by atoms with Gasteiger partial charge in [-0.15, -0.1) is 11.3 Å². The molecule has 1 amide bonds.